The molecule has 0 N–H and O–H groups in total. The summed E-state index contributed by atoms with van der Waals surface area (Å²) in [6.45, 7) is 0. The summed E-state index contributed by atoms with van der Waals surface area (Å²) in [6, 6.07) is 76.2. The van der Waals surface area contributed by atoms with Gasteiger partial charge in [0.1, 0.15) is 0 Å². The van der Waals surface area contributed by atoms with Crippen LogP contribution in [0.5, 0.6) is 0 Å². The van der Waals surface area contributed by atoms with Gasteiger partial charge in [0.2, 0.25) is 0 Å². The fourth-order valence-electron chi connectivity index (χ4n) is 9.16. The van der Waals surface area contributed by atoms with E-state index < -0.39 is 0 Å². The number of fused-ring (bicyclic) bond motifs is 9. The van der Waals surface area contributed by atoms with Gasteiger partial charge < -0.3 is 4.57 Å². The van der Waals surface area contributed by atoms with Gasteiger partial charge in [0.15, 0.2) is 0 Å². The topological polar surface area (TPSA) is 30.7 Å². The zero-order valence-electron chi connectivity index (χ0n) is 32.0. The SMILES string of the molecule is c1ccc(-c2ccc(-c3cccc(-c4nc5ccccc5nc4-c4cccc5cc(-n6c7ccc8ccccc8c7c7c8ccccc8ccc76)ccc45)c3)cc2)cc1. The summed E-state index contributed by atoms with van der Waals surface area (Å²) in [4.78, 5) is 10.7. The van der Waals surface area contributed by atoms with E-state index in [0.717, 1.165) is 61.1 Å². The fourth-order valence-corrected chi connectivity index (χ4v) is 9.16. The molecule has 0 fully saturated rings. The van der Waals surface area contributed by atoms with E-state index in [1.807, 2.05) is 12.1 Å². The van der Waals surface area contributed by atoms with Crippen molar-refractivity contribution in [3.63, 3.8) is 0 Å². The molecule has 0 radical (unpaired) electrons. The number of hydrogen-bond acceptors (Lipinski definition) is 2. The lowest BCUT2D eigenvalue weighted by molar-refractivity contribution is 1.19. The van der Waals surface area contributed by atoms with Crippen LogP contribution in [0.3, 0.4) is 0 Å². The molecule has 274 valence electrons. The predicted octanol–water partition coefficient (Wildman–Crippen LogP) is 14.9. The molecular formula is C56H35N3. The Morgan fingerprint density at radius 2 is 0.831 bits per heavy atom. The van der Waals surface area contributed by atoms with Crippen molar-refractivity contribution in [1.82, 2.24) is 14.5 Å². The van der Waals surface area contributed by atoms with Crippen LogP contribution in [0.15, 0.2) is 212 Å². The van der Waals surface area contributed by atoms with E-state index in [1.165, 1.54) is 54.5 Å². The summed E-state index contributed by atoms with van der Waals surface area (Å²) in [7, 11) is 0. The average Bonchev–Trinajstić information content (AvgIpc) is 3.67. The Bertz CT molecular complexity index is 3510. The molecule has 10 aromatic carbocycles. The molecular weight excluding hydrogens is 715 g/mol. The molecule has 0 aliphatic heterocycles. The van der Waals surface area contributed by atoms with Crippen LogP contribution in [-0.4, -0.2) is 14.5 Å². The first kappa shape index (κ1) is 33.3. The van der Waals surface area contributed by atoms with Gasteiger partial charge in [-0.25, -0.2) is 9.97 Å². The smallest absolute Gasteiger partial charge is 0.0979 e. The lowest BCUT2D eigenvalue weighted by Gasteiger charge is -2.15. The number of rotatable bonds is 5. The zero-order valence-corrected chi connectivity index (χ0v) is 32.0. The summed E-state index contributed by atoms with van der Waals surface area (Å²) < 4.78 is 2.44. The molecule has 12 rings (SSSR count). The van der Waals surface area contributed by atoms with E-state index in [2.05, 4.69) is 205 Å². The minimum atomic E-state index is 0.865. The molecule has 12 aromatic rings. The fraction of sp³-hybridized carbons (Fsp3) is 0. The van der Waals surface area contributed by atoms with E-state index in [1.54, 1.807) is 0 Å². The van der Waals surface area contributed by atoms with Gasteiger partial charge in [0, 0.05) is 27.6 Å². The summed E-state index contributed by atoms with van der Waals surface area (Å²) in [6.07, 6.45) is 0. The van der Waals surface area contributed by atoms with E-state index >= 15 is 0 Å². The Kier molecular flexibility index (Phi) is 7.54. The molecule has 0 aliphatic carbocycles. The van der Waals surface area contributed by atoms with Crippen LogP contribution in [0, 0.1) is 0 Å². The molecule has 0 spiro atoms. The Morgan fingerprint density at radius 1 is 0.305 bits per heavy atom. The predicted molar refractivity (Wildman–Crippen MR) is 248 cm³/mol. The molecule has 3 heteroatoms. The molecule has 59 heavy (non-hydrogen) atoms. The standard InChI is InChI=1S/C56H35N3/c1-2-12-36(13-3-1)37-24-26-38(27-25-37)41-16-10-18-43(34-41)55-56(58-50-23-9-8-22-49(50)57-55)48-21-11-17-42-35-44(30-31-45(42)48)59-51-32-28-39-14-4-6-19-46(39)53(51)54-47-20-7-5-15-40(47)29-33-52(54)59/h1-35H. The Balaban J connectivity index is 1.03. The van der Waals surface area contributed by atoms with Gasteiger partial charge in [-0.1, -0.05) is 170 Å². The van der Waals surface area contributed by atoms with Gasteiger partial charge in [0.05, 0.1) is 33.5 Å². The van der Waals surface area contributed by atoms with Crippen molar-refractivity contribution >= 4 is 65.2 Å². The third-order valence-corrected chi connectivity index (χ3v) is 12.0. The van der Waals surface area contributed by atoms with Crippen LogP contribution in [0.2, 0.25) is 0 Å². The maximum atomic E-state index is 5.36. The summed E-state index contributed by atoms with van der Waals surface area (Å²) in [5.74, 6) is 0. The van der Waals surface area contributed by atoms with Gasteiger partial charge in [0.25, 0.3) is 0 Å². The summed E-state index contributed by atoms with van der Waals surface area (Å²) in [5, 5.41) is 9.87. The van der Waals surface area contributed by atoms with Gasteiger partial charge in [-0.3, -0.25) is 0 Å². The number of nitrogens with zero attached hydrogens (tertiary/aromatic N) is 3. The second kappa shape index (κ2) is 13.4. The van der Waals surface area contributed by atoms with Crippen LogP contribution < -0.4 is 0 Å². The molecule has 0 atom stereocenters. The molecule has 2 aromatic heterocycles. The Morgan fingerprint density at radius 3 is 1.53 bits per heavy atom. The molecule has 0 bridgehead atoms. The van der Waals surface area contributed by atoms with Gasteiger partial charge >= 0.3 is 0 Å². The van der Waals surface area contributed by atoms with Gasteiger partial charge in [-0.2, -0.15) is 0 Å². The molecule has 0 unspecified atom stereocenters. The summed E-state index contributed by atoms with van der Waals surface area (Å²) >= 11 is 0. The van der Waals surface area contributed by atoms with Gasteiger partial charge in [-0.05, 0) is 97.0 Å². The van der Waals surface area contributed by atoms with Crippen molar-refractivity contribution in [2.24, 2.45) is 0 Å². The molecule has 2 heterocycles. The third-order valence-electron chi connectivity index (χ3n) is 12.0. The largest absolute Gasteiger partial charge is 0.309 e. The normalized spacial score (nSPS) is 11.7. The first-order valence-corrected chi connectivity index (χ1v) is 20.2. The third kappa shape index (κ3) is 5.44. The maximum Gasteiger partial charge on any atom is 0.0979 e. The lowest BCUT2D eigenvalue weighted by Crippen LogP contribution is -1.97. The highest BCUT2D eigenvalue weighted by molar-refractivity contribution is 6.28. The lowest BCUT2D eigenvalue weighted by atomic mass is 9.95. The minimum absolute atomic E-state index is 0.865. The molecule has 0 saturated carbocycles. The highest BCUT2D eigenvalue weighted by atomic mass is 15.0. The second-order valence-corrected chi connectivity index (χ2v) is 15.3. The number of para-hydroxylation sites is 2. The molecule has 0 aliphatic rings. The molecule has 0 saturated heterocycles. The van der Waals surface area contributed by atoms with E-state index in [9.17, 15) is 0 Å². The minimum Gasteiger partial charge on any atom is -0.309 e. The van der Waals surface area contributed by atoms with Crippen molar-refractivity contribution in [1.29, 1.82) is 0 Å². The average molecular weight is 750 g/mol. The van der Waals surface area contributed by atoms with Crippen LogP contribution in [0.1, 0.15) is 0 Å². The Labute approximate surface area is 341 Å². The van der Waals surface area contributed by atoms with E-state index in [-0.39, 0.29) is 0 Å². The second-order valence-electron chi connectivity index (χ2n) is 15.3. The first-order valence-electron chi connectivity index (χ1n) is 20.2. The highest BCUT2D eigenvalue weighted by Gasteiger charge is 2.20. The first-order chi connectivity index (χ1) is 29.2. The Hall–Kier alpha value is -7.88. The van der Waals surface area contributed by atoms with Crippen LogP contribution in [0.25, 0.3) is 116 Å². The zero-order chi connectivity index (χ0) is 38.9. The quantitative estimate of drug-likeness (QED) is 0.175. The van der Waals surface area contributed by atoms with Crippen LogP contribution in [-0.2, 0) is 0 Å². The monoisotopic (exact) mass is 749 g/mol. The van der Waals surface area contributed by atoms with Crippen LogP contribution >= 0.6 is 0 Å². The number of benzene rings is 10. The van der Waals surface area contributed by atoms with Crippen molar-refractivity contribution in [3.05, 3.63) is 212 Å². The maximum absolute atomic E-state index is 5.36. The molecule has 0 amide bonds. The van der Waals surface area contributed by atoms with Crippen molar-refractivity contribution in [2.45, 2.75) is 0 Å². The van der Waals surface area contributed by atoms with Crippen molar-refractivity contribution in [3.8, 4) is 50.5 Å². The van der Waals surface area contributed by atoms with E-state index in [4.69, 9.17) is 9.97 Å². The van der Waals surface area contributed by atoms with Crippen molar-refractivity contribution in [2.75, 3.05) is 0 Å². The summed E-state index contributed by atoms with van der Waals surface area (Å²) in [5.41, 5.74) is 13.8. The molecule has 3 nitrogen and oxygen atoms in total. The van der Waals surface area contributed by atoms with Crippen molar-refractivity contribution < 1.29 is 0 Å². The number of aromatic nitrogens is 3. The van der Waals surface area contributed by atoms with Gasteiger partial charge in [-0.15, -0.1) is 0 Å². The van der Waals surface area contributed by atoms with Crippen LogP contribution in [0.4, 0.5) is 0 Å². The van der Waals surface area contributed by atoms with E-state index in [0.29, 0.717) is 0 Å². The highest BCUT2D eigenvalue weighted by Crippen LogP contribution is 2.42. The number of hydrogen-bond donors (Lipinski definition) is 0.